The Morgan fingerprint density at radius 2 is 2.00 bits per heavy atom. The summed E-state index contributed by atoms with van der Waals surface area (Å²) < 4.78 is 18.7. The number of methoxy groups -OCH3 is 1. The van der Waals surface area contributed by atoms with Gasteiger partial charge in [-0.3, -0.25) is 0 Å². The lowest BCUT2D eigenvalue weighted by molar-refractivity contribution is 0.175. The van der Waals surface area contributed by atoms with Crippen molar-refractivity contribution in [3.8, 4) is 0 Å². The van der Waals surface area contributed by atoms with Crippen LogP contribution in [-0.4, -0.2) is 12.2 Å². The van der Waals surface area contributed by atoms with Gasteiger partial charge in [0, 0.05) is 13.5 Å². The summed E-state index contributed by atoms with van der Waals surface area (Å²) in [5, 5.41) is 10.3. The molecule has 2 aromatic rings. The zero-order valence-corrected chi connectivity index (χ0v) is 12.7. The number of benzene rings is 2. The third-order valence-corrected chi connectivity index (χ3v) is 3.67. The van der Waals surface area contributed by atoms with Crippen LogP contribution >= 0.6 is 15.9 Å². The summed E-state index contributed by atoms with van der Waals surface area (Å²) >= 11 is 3.15. The lowest BCUT2D eigenvalue weighted by Crippen LogP contribution is -2.03. The second-order valence-corrected chi connectivity index (χ2v) is 5.50. The number of halogens is 2. The summed E-state index contributed by atoms with van der Waals surface area (Å²) in [5.74, 6) is -0.301. The third-order valence-electron chi connectivity index (χ3n) is 3.06. The Kier molecular flexibility index (Phi) is 5.29. The lowest BCUT2D eigenvalue weighted by Gasteiger charge is -2.13. The minimum absolute atomic E-state index is 0.301. The summed E-state index contributed by atoms with van der Waals surface area (Å²) in [4.78, 5) is 0. The maximum absolute atomic E-state index is 13.2. The van der Waals surface area contributed by atoms with Gasteiger partial charge < -0.3 is 9.84 Å². The van der Waals surface area contributed by atoms with Crippen LogP contribution in [0.25, 0.3) is 0 Å². The van der Waals surface area contributed by atoms with Crippen LogP contribution in [0.3, 0.4) is 0 Å². The Bertz CT molecular complexity index is 586. The Morgan fingerprint density at radius 3 is 2.70 bits per heavy atom. The molecule has 1 atom stereocenters. The topological polar surface area (TPSA) is 29.5 Å². The van der Waals surface area contributed by atoms with Crippen molar-refractivity contribution in [2.45, 2.75) is 19.1 Å². The van der Waals surface area contributed by atoms with E-state index in [1.165, 1.54) is 6.07 Å². The van der Waals surface area contributed by atoms with E-state index in [1.54, 1.807) is 19.2 Å². The number of ether oxygens (including phenoxy) is 1. The quantitative estimate of drug-likeness (QED) is 0.892. The van der Waals surface area contributed by atoms with Crippen molar-refractivity contribution < 1.29 is 14.2 Å². The van der Waals surface area contributed by atoms with Crippen molar-refractivity contribution >= 4 is 15.9 Å². The molecule has 0 saturated heterocycles. The summed E-state index contributed by atoms with van der Waals surface area (Å²) in [7, 11) is 1.64. The van der Waals surface area contributed by atoms with Gasteiger partial charge in [-0.25, -0.2) is 4.39 Å². The minimum atomic E-state index is -0.621. The number of hydrogen-bond acceptors (Lipinski definition) is 2. The van der Waals surface area contributed by atoms with Crippen LogP contribution in [0.15, 0.2) is 46.9 Å². The van der Waals surface area contributed by atoms with Crippen LogP contribution in [0.5, 0.6) is 0 Å². The fraction of sp³-hybridized carbons (Fsp3) is 0.250. The zero-order chi connectivity index (χ0) is 14.5. The van der Waals surface area contributed by atoms with Gasteiger partial charge in [0.05, 0.1) is 17.2 Å². The molecule has 20 heavy (non-hydrogen) atoms. The molecule has 0 fully saturated rings. The molecule has 0 aliphatic carbocycles. The van der Waals surface area contributed by atoms with Crippen molar-refractivity contribution in [2.75, 3.05) is 7.11 Å². The highest BCUT2D eigenvalue weighted by molar-refractivity contribution is 9.10. The Hall–Kier alpha value is -1.23. The first-order chi connectivity index (χ1) is 9.60. The highest BCUT2D eigenvalue weighted by atomic mass is 79.9. The summed E-state index contributed by atoms with van der Waals surface area (Å²) in [6.45, 7) is 0.517. The molecule has 0 saturated carbocycles. The van der Waals surface area contributed by atoms with Gasteiger partial charge in [0.1, 0.15) is 5.82 Å². The molecule has 4 heteroatoms. The molecule has 1 N–H and O–H groups in total. The molecule has 0 aliphatic heterocycles. The van der Waals surface area contributed by atoms with Gasteiger partial charge in [0.25, 0.3) is 0 Å². The highest BCUT2D eigenvalue weighted by Gasteiger charge is 2.10. The first kappa shape index (κ1) is 15.2. The summed E-state index contributed by atoms with van der Waals surface area (Å²) in [6, 6.07) is 12.4. The molecule has 0 amide bonds. The van der Waals surface area contributed by atoms with Crippen molar-refractivity contribution in [3.05, 3.63) is 69.4 Å². The van der Waals surface area contributed by atoms with Gasteiger partial charge in [-0.15, -0.1) is 0 Å². The van der Waals surface area contributed by atoms with Crippen molar-refractivity contribution in [1.82, 2.24) is 0 Å². The molecular formula is C16H16BrFO2. The lowest BCUT2D eigenvalue weighted by atomic mass is 10.00. The van der Waals surface area contributed by atoms with Crippen molar-refractivity contribution in [3.63, 3.8) is 0 Å². The fourth-order valence-corrected chi connectivity index (χ4v) is 2.49. The van der Waals surface area contributed by atoms with Gasteiger partial charge in [-0.2, -0.15) is 0 Å². The summed E-state index contributed by atoms with van der Waals surface area (Å²) in [6.07, 6.45) is -0.181. The number of rotatable bonds is 5. The Labute approximate surface area is 126 Å². The number of hydrogen-bond donors (Lipinski definition) is 1. The SMILES string of the molecule is COCc1cccc(C(O)Cc2ccc(F)c(Br)c2)c1. The van der Waals surface area contributed by atoms with Gasteiger partial charge in [-0.1, -0.05) is 30.3 Å². The van der Waals surface area contributed by atoms with E-state index in [4.69, 9.17) is 4.74 Å². The highest BCUT2D eigenvalue weighted by Crippen LogP contribution is 2.23. The first-order valence-electron chi connectivity index (χ1n) is 6.30. The average Bonchev–Trinajstić information content (AvgIpc) is 2.43. The maximum atomic E-state index is 13.2. The minimum Gasteiger partial charge on any atom is -0.388 e. The van der Waals surface area contributed by atoms with E-state index in [0.29, 0.717) is 17.5 Å². The zero-order valence-electron chi connectivity index (χ0n) is 11.1. The summed E-state index contributed by atoms with van der Waals surface area (Å²) in [5.41, 5.74) is 2.73. The molecule has 0 spiro atoms. The smallest absolute Gasteiger partial charge is 0.137 e. The van der Waals surface area contributed by atoms with Crippen molar-refractivity contribution in [2.24, 2.45) is 0 Å². The van der Waals surface area contributed by atoms with Gasteiger partial charge in [0.2, 0.25) is 0 Å². The molecule has 106 valence electrons. The van der Waals surface area contributed by atoms with E-state index in [9.17, 15) is 9.50 Å². The van der Waals surface area contributed by atoms with Crippen molar-refractivity contribution in [1.29, 1.82) is 0 Å². The van der Waals surface area contributed by atoms with Crippen LogP contribution < -0.4 is 0 Å². The Morgan fingerprint density at radius 1 is 1.20 bits per heavy atom. The third kappa shape index (κ3) is 3.88. The number of aliphatic hydroxyl groups is 1. The van der Waals surface area contributed by atoms with E-state index in [1.807, 2.05) is 24.3 Å². The van der Waals surface area contributed by atoms with E-state index in [-0.39, 0.29) is 5.82 Å². The van der Waals surface area contributed by atoms with Gasteiger partial charge in [0.15, 0.2) is 0 Å². The van der Waals surface area contributed by atoms with Gasteiger partial charge in [-0.05, 0) is 44.8 Å². The normalized spacial score (nSPS) is 12.4. The average molecular weight is 339 g/mol. The van der Waals surface area contributed by atoms with Crippen LogP contribution in [0.4, 0.5) is 4.39 Å². The first-order valence-corrected chi connectivity index (χ1v) is 7.09. The van der Waals surface area contributed by atoms with E-state index in [2.05, 4.69) is 15.9 Å². The predicted octanol–water partition coefficient (Wildman–Crippen LogP) is 4.01. The van der Waals surface area contributed by atoms with Crippen LogP contribution in [0.2, 0.25) is 0 Å². The largest absolute Gasteiger partial charge is 0.388 e. The molecule has 2 aromatic carbocycles. The van der Waals surface area contributed by atoms with E-state index >= 15 is 0 Å². The van der Waals surface area contributed by atoms with E-state index in [0.717, 1.165) is 16.7 Å². The molecule has 2 rings (SSSR count). The molecular weight excluding hydrogens is 323 g/mol. The molecule has 0 aliphatic rings. The molecule has 2 nitrogen and oxygen atoms in total. The second kappa shape index (κ2) is 6.97. The fourth-order valence-electron chi connectivity index (χ4n) is 2.06. The van der Waals surface area contributed by atoms with Crippen LogP contribution in [-0.2, 0) is 17.8 Å². The molecule has 0 radical (unpaired) electrons. The second-order valence-electron chi connectivity index (χ2n) is 4.65. The molecule has 1 unspecified atom stereocenters. The van der Waals surface area contributed by atoms with Gasteiger partial charge >= 0.3 is 0 Å². The van der Waals surface area contributed by atoms with Crippen LogP contribution in [0, 0.1) is 5.82 Å². The molecule has 0 bridgehead atoms. The van der Waals surface area contributed by atoms with E-state index < -0.39 is 6.10 Å². The number of aliphatic hydroxyl groups excluding tert-OH is 1. The van der Waals surface area contributed by atoms with Crippen LogP contribution in [0.1, 0.15) is 22.8 Å². The predicted molar refractivity (Wildman–Crippen MR) is 79.9 cm³/mol. The molecule has 0 heterocycles. The standard InChI is InChI=1S/C16H16BrFO2/c1-20-10-12-3-2-4-13(7-12)16(19)9-11-5-6-15(18)14(17)8-11/h2-8,16,19H,9-10H2,1H3. The Balaban J connectivity index is 2.12. The maximum Gasteiger partial charge on any atom is 0.137 e. The monoisotopic (exact) mass is 338 g/mol. The molecule has 0 aromatic heterocycles.